The number of hydrogen-bond donors (Lipinski definition) is 0. The minimum absolute atomic E-state index is 0.112. The Labute approximate surface area is 119 Å². The van der Waals surface area contributed by atoms with Crippen LogP contribution in [0.2, 0.25) is 4.34 Å². The fourth-order valence-corrected chi connectivity index (χ4v) is 3.56. The van der Waals surface area contributed by atoms with Crippen molar-refractivity contribution >= 4 is 40.2 Å². The van der Waals surface area contributed by atoms with Crippen LogP contribution in [0, 0.1) is 0 Å². The average Bonchev–Trinajstić information content (AvgIpc) is 2.88. The van der Waals surface area contributed by atoms with E-state index in [4.69, 9.17) is 11.6 Å². The van der Waals surface area contributed by atoms with E-state index in [-0.39, 0.29) is 5.91 Å². The number of amides is 1. The van der Waals surface area contributed by atoms with E-state index in [9.17, 15) is 4.79 Å². The van der Waals surface area contributed by atoms with Gasteiger partial charge < -0.3 is 4.90 Å². The lowest BCUT2D eigenvalue weighted by Gasteiger charge is -2.21. The molecule has 94 valence electrons. The van der Waals surface area contributed by atoms with Crippen molar-refractivity contribution in [2.24, 2.45) is 0 Å². The number of halogens is 1. The Kier molecular flexibility index (Phi) is 3.41. The summed E-state index contributed by atoms with van der Waals surface area (Å²) < 4.78 is 0.671. The van der Waals surface area contributed by atoms with Gasteiger partial charge in [-0.3, -0.25) is 4.79 Å². The minimum atomic E-state index is 0.112. The Morgan fingerprint density at radius 1 is 1.39 bits per heavy atom. The van der Waals surface area contributed by atoms with Gasteiger partial charge in [-0.15, -0.1) is 11.3 Å². The van der Waals surface area contributed by atoms with E-state index >= 15 is 0 Å². The second-order valence-corrected chi connectivity index (χ2v) is 6.89. The molecule has 18 heavy (non-hydrogen) atoms. The average molecular weight is 298 g/mol. The summed E-state index contributed by atoms with van der Waals surface area (Å²) in [5.41, 5.74) is 1.21. The van der Waals surface area contributed by atoms with Crippen molar-refractivity contribution in [1.29, 1.82) is 0 Å². The van der Waals surface area contributed by atoms with Crippen LogP contribution in [-0.4, -0.2) is 16.8 Å². The molecule has 1 saturated carbocycles. The zero-order chi connectivity index (χ0) is 12.5. The quantitative estimate of drug-likeness (QED) is 0.825. The lowest BCUT2D eigenvalue weighted by atomic mass is 10.3. The molecule has 0 aromatic carbocycles. The molecule has 0 radical (unpaired) electrons. The Balaban J connectivity index is 1.79. The van der Waals surface area contributed by atoms with Crippen LogP contribution >= 0.6 is 34.3 Å². The maximum atomic E-state index is 12.4. The molecule has 2 nitrogen and oxygen atoms in total. The van der Waals surface area contributed by atoms with Crippen LogP contribution in [0.1, 0.15) is 28.1 Å². The van der Waals surface area contributed by atoms with E-state index in [1.54, 1.807) is 17.4 Å². The van der Waals surface area contributed by atoms with Crippen molar-refractivity contribution in [2.75, 3.05) is 0 Å². The molecule has 1 aliphatic carbocycles. The molecule has 0 atom stereocenters. The van der Waals surface area contributed by atoms with E-state index in [1.807, 2.05) is 16.3 Å². The molecule has 0 spiro atoms. The molecule has 5 heteroatoms. The van der Waals surface area contributed by atoms with Gasteiger partial charge in [0.1, 0.15) is 0 Å². The lowest BCUT2D eigenvalue weighted by molar-refractivity contribution is 0.0735. The van der Waals surface area contributed by atoms with Crippen LogP contribution in [0.3, 0.4) is 0 Å². The summed E-state index contributed by atoms with van der Waals surface area (Å²) in [6.45, 7) is 0.711. The molecule has 0 saturated heterocycles. The fraction of sp³-hybridized carbons (Fsp3) is 0.308. The van der Waals surface area contributed by atoms with Gasteiger partial charge in [-0.05, 0) is 47.4 Å². The Morgan fingerprint density at radius 3 is 2.78 bits per heavy atom. The first-order valence-corrected chi connectivity index (χ1v) is 7.95. The Morgan fingerprint density at radius 2 is 2.22 bits per heavy atom. The number of rotatable bonds is 4. The first-order valence-electron chi connectivity index (χ1n) is 5.81. The molecule has 0 unspecified atom stereocenters. The van der Waals surface area contributed by atoms with Gasteiger partial charge in [-0.25, -0.2) is 0 Å². The van der Waals surface area contributed by atoms with E-state index in [2.05, 4.69) is 11.4 Å². The van der Waals surface area contributed by atoms with Crippen molar-refractivity contribution < 1.29 is 4.79 Å². The van der Waals surface area contributed by atoms with Gasteiger partial charge in [0.2, 0.25) is 0 Å². The van der Waals surface area contributed by atoms with Gasteiger partial charge in [0.15, 0.2) is 0 Å². The summed E-state index contributed by atoms with van der Waals surface area (Å²) in [5.74, 6) is 0.112. The summed E-state index contributed by atoms with van der Waals surface area (Å²) in [5, 5.41) is 4.15. The summed E-state index contributed by atoms with van der Waals surface area (Å²) in [6, 6.07) is 6.10. The van der Waals surface area contributed by atoms with E-state index < -0.39 is 0 Å². The predicted octanol–water partition coefficient (Wildman–Crippen LogP) is 4.27. The second kappa shape index (κ2) is 5.03. The molecule has 2 aromatic rings. The van der Waals surface area contributed by atoms with E-state index in [0.717, 1.165) is 17.7 Å². The minimum Gasteiger partial charge on any atom is -0.331 e. The van der Waals surface area contributed by atoms with Gasteiger partial charge in [0.05, 0.1) is 9.21 Å². The maximum absolute atomic E-state index is 12.4. The van der Waals surface area contributed by atoms with Gasteiger partial charge in [0, 0.05) is 12.6 Å². The summed E-state index contributed by atoms with van der Waals surface area (Å²) in [7, 11) is 0. The third kappa shape index (κ3) is 2.60. The molecule has 1 amide bonds. The third-order valence-corrected chi connectivity index (χ3v) is 4.92. The highest BCUT2D eigenvalue weighted by atomic mass is 35.5. The van der Waals surface area contributed by atoms with Gasteiger partial charge in [-0.1, -0.05) is 11.6 Å². The van der Waals surface area contributed by atoms with Gasteiger partial charge in [-0.2, -0.15) is 11.3 Å². The molecule has 0 bridgehead atoms. The van der Waals surface area contributed by atoms with E-state index in [1.165, 1.54) is 16.9 Å². The normalized spacial score (nSPS) is 14.7. The SMILES string of the molecule is O=C(c1ccc(Cl)s1)N(Cc1ccsc1)C1CC1. The lowest BCUT2D eigenvalue weighted by Crippen LogP contribution is -2.31. The Bertz CT molecular complexity index is 545. The standard InChI is InChI=1S/C13H12ClNOS2/c14-12-4-3-11(18-12)13(16)15(10-1-2-10)7-9-5-6-17-8-9/h3-6,8,10H,1-2,7H2. The fourth-order valence-electron chi connectivity index (χ4n) is 1.90. The maximum Gasteiger partial charge on any atom is 0.264 e. The van der Waals surface area contributed by atoms with Crippen LogP contribution in [0.4, 0.5) is 0 Å². The van der Waals surface area contributed by atoms with Crippen molar-refractivity contribution in [2.45, 2.75) is 25.4 Å². The third-order valence-electron chi connectivity index (χ3n) is 2.97. The second-order valence-electron chi connectivity index (χ2n) is 4.40. The monoisotopic (exact) mass is 297 g/mol. The molecule has 1 fully saturated rings. The molecule has 3 rings (SSSR count). The predicted molar refractivity (Wildman–Crippen MR) is 76.5 cm³/mol. The van der Waals surface area contributed by atoms with Gasteiger partial charge in [0.25, 0.3) is 5.91 Å². The molecule has 1 aliphatic rings. The number of carbonyl (C=O) groups is 1. The number of carbonyl (C=O) groups excluding carboxylic acids is 1. The zero-order valence-electron chi connectivity index (χ0n) is 9.64. The largest absolute Gasteiger partial charge is 0.331 e. The number of nitrogens with zero attached hydrogens (tertiary/aromatic N) is 1. The van der Waals surface area contributed by atoms with Crippen LogP contribution in [0.5, 0.6) is 0 Å². The smallest absolute Gasteiger partial charge is 0.264 e. The molecule has 2 heterocycles. The van der Waals surface area contributed by atoms with Crippen LogP contribution in [-0.2, 0) is 6.54 Å². The van der Waals surface area contributed by atoms with Crippen molar-refractivity contribution in [3.8, 4) is 0 Å². The van der Waals surface area contributed by atoms with Crippen molar-refractivity contribution in [1.82, 2.24) is 4.90 Å². The molecule has 2 aromatic heterocycles. The summed E-state index contributed by atoms with van der Waals surface area (Å²) in [6.07, 6.45) is 2.24. The molecule has 0 aliphatic heterocycles. The number of hydrogen-bond acceptors (Lipinski definition) is 3. The summed E-state index contributed by atoms with van der Waals surface area (Å²) >= 11 is 8.92. The first-order chi connectivity index (χ1) is 8.74. The van der Waals surface area contributed by atoms with Crippen LogP contribution < -0.4 is 0 Å². The summed E-state index contributed by atoms with van der Waals surface area (Å²) in [4.78, 5) is 15.2. The van der Waals surface area contributed by atoms with Gasteiger partial charge >= 0.3 is 0 Å². The van der Waals surface area contributed by atoms with Crippen LogP contribution in [0.15, 0.2) is 29.0 Å². The topological polar surface area (TPSA) is 20.3 Å². The number of thiophene rings is 2. The zero-order valence-corrected chi connectivity index (χ0v) is 12.0. The van der Waals surface area contributed by atoms with Crippen molar-refractivity contribution in [3.05, 3.63) is 43.7 Å². The highest BCUT2D eigenvalue weighted by Crippen LogP contribution is 2.32. The molecular weight excluding hydrogens is 286 g/mol. The van der Waals surface area contributed by atoms with E-state index in [0.29, 0.717) is 16.9 Å². The highest BCUT2D eigenvalue weighted by Gasteiger charge is 2.33. The van der Waals surface area contributed by atoms with Crippen LogP contribution in [0.25, 0.3) is 0 Å². The highest BCUT2D eigenvalue weighted by molar-refractivity contribution is 7.18. The Hall–Kier alpha value is -0.840. The molecular formula is C13H12ClNOS2. The molecule has 0 N–H and O–H groups in total. The first kappa shape index (κ1) is 12.2. The van der Waals surface area contributed by atoms with Crippen molar-refractivity contribution in [3.63, 3.8) is 0 Å².